The third kappa shape index (κ3) is 2.95. The van der Waals surface area contributed by atoms with Gasteiger partial charge < -0.3 is 20.7 Å². The lowest BCUT2D eigenvalue weighted by molar-refractivity contribution is -0.128. The molecule has 1 saturated carbocycles. The number of carbonyl (C=O) groups is 1. The Balaban J connectivity index is 2.11. The largest absolute Gasteiger partial charge is 0.472 e. The van der Waals surface area contributed by atoms with Gasteiger partial charge in [-0.15, -0.1) is 0 Å². The molecule has 6 heteroatoms. The fourth-order valence-electron chi connectivity index (χ4n) is 2.77. The molecule has 4 N–H and O–H groups in total. The van der Waals surface area contributed by atoms with E-state index in [9.17, 15) is 4.79 Å². The van der Waals surface area contributed by atoms with Crippen molar-refractivity contribution < 1.29 is 14.4 Å². The van der Waals surface area contributed by atoms with Crippen molar-refractivity contribution in [1.29, 1.82) is 0 Å². The number of nitrogens with two attached hydrogens (primary N) is 1. The van der Waals surface area contributed by atoms with Crippen LogP contribution in [0.15, 0.2) is 28.2 Å². The molecule has 0 aromatic carbocycles. The number of rotatable bonds is 4. The van der Waals surface area contributed by atoms with Gasteiger partial charge in [0.15, 0.2) is 5.84 Å². The first kappa shape index (κ1) is 14.4. The van der Waals surface area contributed by atoms with Crippen LogP contribution in [0.2, 0.25) is 0 Å². The SMILES string of the molecule is N/C(=N/O)C1(C(=O)NCc2ccoc2)CCCCCC1. The molecule has 1 aromatic rings. The Morgan fingerprint density at radius 3 is 2.65 bits per heavy atom. The summed E-state index contributed by atoms with van der Waals surface area (Å²) in [5.41, 5.74) is 5.83. The maximum atomic E-state index is 12.6. The lowest BCUT2D eigenvalue weighted by atomic mass is 9.78. The van der Waals surface area contributed by atoms with Crippen LogP contribution in [0.1, 0.15) is 44.1 Å². The topological polar surface area (TPSA) is 101 Å². The molecule has 20 heavy (non-hydrogen) atoms. The van der Waals surface area contributed by atoms with Crippen LogP contribution in [0, 0.1) is 5.41 Å². The number of amidine groups is 1. The van der Waals surface area contributed by atoms with E-state index < -0.39 is 5.41 Å². The zero-order chi connectivity index (χ0) is 14.4. The number of furan rings is 1. The third-order valence-corrected chi connectivity index (χ3v) is 4.02. The van der Waals surface area contributed by atoms with E-state index in [2.05, 4.69) is 10.5 Å². The molecule has 1 aliphatic rings. The summed E-state index contributed by atoms with van der Waals surface area (Å²) in [5.74, 6) is -0.153. The van der Waals surface area contributed by atoms with Gasteiger partial charge in [-0.1, -0.05) is 30.8 Å². The Hall–Kier alpha value is -1.98. The highest BCUT2D eigenvalue weighted by Crippen LogP contribution is 2.35. The van der Waals surface area contributed by atoms with Gasteiger partial charge in [0.25, 0.3) is 0 Å². The van der Waals surface area contributed by atoms with Gasteiger partial charge in [-0.3, -0.25) is 4.79 Å². The first-order valence-corrected chi connectivity index (χ1v) is 6.96. The monoisotopic (exact) mass is 279 g/mol. The summed E-state index contributed by atoms with van der Waals surface area (Å²) >= 11 is 0. The number of oxime groups is 1. The van der Waals surface area contributed by atoms with Crippen molar-refractivity contribution in [2.75, 3.05) is 0 Å². The Kier molecular flexibility index (Phi) is 4.65. The Morgan fingerprint density at radius 1 is 1.40 bits per heavy atom. The van der Waals surface area contributed by atoms with Crippen LogP contribution < -0.4 is 11.1 Å². The molecule has 2 rings (SSSR count). The van der Waals surface area contributed by atoms with E-state index in [1.807, 2.05) is 0 Å². The van der Waals surface area contributed by atoms with Crippen LogP contribution in [0.5, 0.6) is 0 Å². The van der Waals surface area contributed by atoms with Gasteiger partial charge in [0.2, 0.25) is 5.91 Å². The summed E-state index contributed by atoms with van der Waals surface area (Å²) in [6.45, 7) is 0.385. The molecule has 1 heterocycles. The van der Waals surface area contributed by atoms with Gasteiger partial charge >= 0.3 is 0 Å². The summed E-state index contributed by atoms with van der Waals surface area (Å²) in [5, 5.41) is 15.0. The lowest BCUT2D eigenvalue weighted by Crippen LogP contribution is -2.49. The van der Waals surface area contributed by atoms with Crippen LogP contribution in [-0.2, 0) is 11.3 Å². The van der Waals surface area contributed by atoms with Crippen molar-refractivity contribution in [2.24, 2.45) is 16.3 Å². The second-order valence-corrected chi connectivity index (χ2v) is 5.30. The standard InChI is InChI=1S/C14H21N3O3/c15-12(17-19)14(6-3-1-2-4-7-14)13(18)16-9-11-5-8-20-10-11/h5,8,10,19H,1-4,6-7,9H2,(H2,15,17)(H,16,18). The minimum absolute atomic E-state index is 0.0177. The number of nitrogens with zero attached hydrogens (tertiary/aromatic N) is 1. The lowest BCUT2D eigenvalue weighted by Gasteiger charge is -2.29. The van der Waals surface area contributed by atoms with Crippen molar-refractivity contribution >= 4 is 11.7 Å². The second kappa shape index (κ2) is 6.45. The first-order valence-electron chi connectivity index (χ1n) is 6.96. The van der Waals surface area contributed by atoms with Gasteiger partial charge in [0.1, 0.15) is 5.41 Å². The zero-order valence-corrected chi connectivity index (χ0v) is 11.5. The van der Waals surface area contributed by atoms with Gasteiger partial charge in [-0.25, -0.2) is 0 Å². The summed E-state index contributed by atoms with van der Waals surface area (Å²) in [6, 6.07) is 1.80. The molecule has 1 fully saturated rings. The smallest absolute Gasteiger partial charge is 0.234 e. The molecule has 6 nitrogen and oxygen atoms in total. The average molecular weight is 279 g/mol. The van der Waals surface area contributed by atoms with Crippen LogP contribution >= 0.6 is 0 Å². The molecule has 1 aliphatic carbocycles. The molecular formula is C14H21N3O3. The van der Waals surface area contributed by atoms with E-state index in [-0.39, 0.29) is 11.7 Å². The van der Waals surface area contributed by atoms with Gasteiger partial charge in [-0.05, 0) is 18.9 Å². The second-order valence-electron chi connectivity index (χ2n) is 5.30. The van der Waals surface area contributed by atoms with Crippen molar-refractivity contribution in [1.82, 2.24) is 5.32 Å². The van der Waals surface area contributed by atoms with Gasteiger partial charge in [0.05, 0.1) is 12.5 Å². The fraction of sp³-hybridized carbons (Fsp3) is 0.571. The Labute approximate surface area is 118 Å². The van der Waals surface area contributed by atoms with Crippen LogP contribution in [0.3, 0.4) is 0 Å². The highest BCUT2D eigenvalue weighted by molar-refractivity contribution is 6.06. The fourth-order valence-corrected chi connectivity index (χ4v) is 2.77. The normalized spacial score (nSPS) is 19.3. The van der Waals surface area contributed by atoms with Crippen molar-refractivity contribution in [3.63, 3.8) is 0 Å². The zero-order valence-electron chi connectivity index (χ0n) is 11.5. The molecule has 0 saturated heterocycles. The van der Waals surface area contributed by atoms with Gasteiger partial charge in [-0.2, -0.15) is 0 Å². The number of hydrogen-bond acceptors (Lipinski definition) is 4. The van der Waals surface area contributed by atoms with E-state index >= 15 is 0 Å². The molecule has 0 unspecified atom stereocenters. The predicted octanol–water partition coefficient (Wildman–Crippen LogP) is 1.98. The van der Waals surface area contributed by atoms with Crippen molar-refractivity contribution in [2.45, 2.75) is 45.1 Å². The summed E-state index contributed by atoms with van der Waals surface area (Å²) < 4.78 is 4.97. The van der Waals surface area contributed by atoms with E-state index in [4.69, 9.17) is 15.4 Å². The van der Waals surface area contributed by atoms with Crippen LogP contribution in [-0.4, -0.2) is 17.0 Å². The maximum Gasteiger partial charge on any atom is 0.234 e. The van der Waals surface area contributed by atoms with E-state index in [0.717, 1.165) is 31.2 Å². The Bertz CT molecular complexity index is 460. The Morgan fingerprint density at radius 2 is 2.10 bits per heavy atom. The minimum Gasteiger partial charge on any atom is -0.472 e. The molecule has 0 radical (unpaired) electrons. The van der Waals surface area contributed by atoms with Crippen molar-refractivity contribution in [3.8, 4) is 0 Å². The summed E-state index contributed by atoms with van der Waals surface area (Å²) in [7, 11) is 0. The molecule has 1 aromatic heterocycles. The minimum atomic E-state index is -0.880. The summed E-state index contributed by atoms with van der Waals surface area (Å²) in [6.07, 6.45) is 8.38. The molecule has 0 spiro atoms. The highest BCUT2D eigenvalue weighted by Gasteiger charge is 2.42. The summed E-state index contributed by atoms with van der Waals surface area (Å²) in [4.78, 5) is 12.6. The van der Waals surface area contributed by atoms with E-state index in [0.29, 0.717) is 19.4 Å². The quantitative estimate of drug-likeness (QED) is 0.258. The molecule has 110 valence electrons. The molecular weight excluding hydrogens is 258 g/mol. The van der Waals surface area contributed by atoms with Crippen LogP contribution in [0.4, 0.5) is 0 Å². The van der Waals surface area contributed by atoms with E-state index in [1.54, 1.807) is 18.6 Å². The van der Waals surface area contributed by atoms with Gasteiger partial charge in [0, 0.05) is 12.1 Å². The molecule has 0 atom stereocenters. The number of carbonyl (C=O) groups excluding carboxylic acids is 1. The van der Waals surface area contributed by atoms with E-state index in [1.165, 1.54) is 0 Å². The molecule has 0 bridgehead atoms. The first-order chi connectivity index (χ1) is 9.69. The van der Waals surface area contributed by atoms with Crippen LogP contribution in [0.25, 0.3) is 0 Å². The number of hydrogen-bond donors (Lipinski definition) is 3. The number of amides is 1. The molecule has 0 aliphatic heterocycles. The predicted molar refractivity (Wildman–Crippen MR) is 74.1 cm³/mol. The third-order valence-electron chi connectivity index (χ3n) is 4.02. The highest BCUT2D eigenvalue weighted by atomic mass is 16.4. The average Bonchev–Trinajstić information content (AvgIpc) is 2.86. The maximum absolute atomic E-state index is 12.6. The molecule has 1 amide bonds. The van der Waals surface area contributed by atoms with Crippen molar-refractivity contribution in [3.05, 3.63) is 24.2 Å². The number of nitrogens with one attached hydrogen (secondary N) is 1.